The summed E-state index contributed by atoms with van der Waals surface area (Å²) in [7, 11) is 0. The Morgan fingerprint density at radius 1 is 0.800 bits per heavy atom. The summed E-state index contributed by atoms with van der Waals surface area (Å²) in [6.07, 6.45) is 5.20. The van der Waals surface area contributed by atoms with Crippen LogP contribution in [0.1, 0.15) is 68.7 Å². The van der Waals surface area contributed by atoms with Crippen molar-refractivity contribution in [2.24, 2.45) is 0 Å². The van der Waals surface area contributed by atoms with Crippen LogP contribution in [-0.2, 0) is 26.2 Å². The molecule has 0 unspecified atom stereocenters. The molecule has 150 valence electrons. The molecule has 3 N–H and O–H groups in total. The van der Waals surface area contributed by atoms with Gasteiger partial charge in [-0.15, -0.1) is 0 Å². The van der Waals surface area contributed by atoms with Crippen molar-refractivity contribution < 1.29 is 52.0 Å². The Morgan fingerprint density at radius 2 is 1.04 bits per heavy atom. The van der Waals surface area contributed by atoms with Gasteiger partial charge in [-0.05, 0) is 62.3 Å². The molecular formula is C17H34F3GeO3Zr-. The predicted octanol–water partition coefficient (Wildman–Crippen LogP) is 4.39. The number of halogens is 3. The van der Waals surface area contributed by atoms with Gasteiger partial charge in [0, 0.05) is 26.2 Å². The Morgan fingerprint density at radius 3 is 1.12 bits per heavy atom. The van der Waals surface area contributed by atoms with Crippen molar-refractivity contribution in [1.82, 2.24) is 0 Å². The SMILES string of the molecule is CC(C)(C)O.CC(C)(C)O.CC(C)(C)O.[F][Ge]([F])([F])[C]1=[C-]CC=C1.[Zr]. The summed E-state index contributed by atoms with van der Waals surface area (Å²) in [5, 5.41) is 25.6. The Balaban J connectivity index is -0.000000122. The van der Waals surface area contributed by atoms with Crippen molar-refractivity contribution in [2.75, 3.05) is 0 Å². The number of allylic oxidation sites excluding steroid dienone is 4. The molecule has 0 heterocycles. The average Bonchev–Trinajstić information content (AvgIpc) is 2.58. The van der Waals surface area contributed by atoms with E-state index in [1.165, 1.54) is 6.08 Å². The molecular weight excluding hydrogens is 473 g/mol. The third kappa shape index (κ3) is 68.0. The van der Waals surface area contributed by atoms with Gasteiger partial charge in [0.2, 0.25) is 0 Å². The predicted molar refractivity (Wildman–Crippen MR) is 95.5 cm³/mol. The standard InChI is InChI=1S/C5H4F3Ge.3C4H10O.Zr/c6-9(7,8)5-3-1-2-4-5;3*1-4(2,3)5;/h1,3H,2H2;3*5H,1-3H3;/q-1;;;;. The van der Waals surface area contributed by atoms with E-state index in [-0.39, 0.29) is 26.2 Å². The van der Waals surface area contributed by atoms with Gasteiger partial charge < -0.3 is 15.3 Å². The topological polar surface area (TPSA) is 60.7 Å². The van der Waals surface area contributed by atoms with Gasteiger partial charge in [-0.2, -0.15) is 0 Å². The molecule has 0 aliphatic heterocycles. The molecule has 8 heteroatoms. The second-order valence-corrected chi connectivity index (χ2v) is 11.4. The molecule has 0 radical (unpaired) electrons. The van der Waals surface area contributed by atoms with E-state index in [0.717, 1.165) is 6.08 Å². The fourth-order valence-corrected chi connectivity index (χ4v) is 1.88. The summed E-state index contributed by atoms with van der Waals surface area (Å²) in [6.45, 7) is 15.7. The van der Waals surface area contributed by atoms with Crippen molar-refractivity contribution >= 4 is 14.7 Å². The summed E-state index contributed by atoms with van der Waals surface area (Å²) < 4.78 is 34.9. The Hall–Kier alpha value is 0.576. The molecule has 3 nitrogen and oxygen atoms in total. The summed E-state index contributed by atoms with van der Waals surface area (Å²) in [5.41, 5.74) is -1.50. The normalized spacial score (nSPS) is 13.8. The number of hydrogen-bond acceptors (Lipinski definition) is 3. The first-order valence-corrected chi connectivity index (χ1v) is 11.0. The van der Waals surface area contributed by atoms with Gasteiger partial charge in [-0.3, -0.25) is 0 Å². The van der Waals surface area contributed by atoms with Crippen LogP contribution in [0, 0.1) is 6.08 Å². The van der Waals surface area contributed by atoms with Crippen LogP contribution in [0.4, 0.5) is 10.5 Å². The third-order valence-corrected chi connectivity index (χ3v) is 3.00. The van der Waals surface area contributed by atoms with Gasteiger partial charge in [0.05, 0.1) is 16.8 Å². The van der Waals surface area contributed by atoms with E-state index >= 15 is 0 Å². The Bertz CT molecular complexity index is 341. The molecule has 0 amide bonds. The maximum Gasteiger partial charge on any atom is 0 e. The second-order valence-electron chi connectivity index (χ2n) is 8.21. The van der Waals surface area contributed by atoms with E-state index in [2.05, 4.69) is 6.08 Å². The van der Waals surface area contributed by atoms with Crippen LogP contribution in [0.5, 0.6) is 0 Å². The van der Waals surface area contributed by atoms with E-state index in [9.17, 15) is 10.5 Å². The number of hydrogen-bond donors (Lipinski definition) is 3. The number of rotatable bonds is 1. The number of aliphatic hydroxyl groups is 3. The fourth-order valence-electron chi connectivity index (χ4n) is 0.599. The van der Waals surface area contributed by atoms with Crippen LogP contribution in [-0.4, -0.2) is 46.8 Å². The van der Waals surface area contributed by atoms with Gasteiger partial charge in [0.25, 0.3) is 0 Å². The Kier molecular flexibility index (Phi) is 18.2. The first-order chi connectivity index (χ1) is 10.1. The molecule has 1 aliphatic carbocycles. The first-order valence-electron chi connectivity index (χ1n) is 7.62. The largest absolute Gasteiger partial charge is 0 e. The minimum Gasteiger partial charge on any atom is 0 e. The van der Waals surface area contributed by atoms with Gasteiger partial charge in [-0.1, -0.05) is 0 Å². The summed E-state index contributed by atoms with van der Waals surface area (Å²) in [4.78, 5) is 0. The van der Waals surface area contributed by atoms with Gasteiger partial charge in [0.1, 0.15) is 0 Å². The minimum absolute atomic E-state index is 0. The molecule has 0 atom stereocenters. The molecule has 25 heavy (non-hydrogen) atoms. The van der Waals surface area contributed by atoms with E-state index in [4.69, 9.17) is 15.3 Å². The van der Waals surface area contributed by atoms with Crippen LogP contribution < -0.4 is 0 Å². The van der Waals surface area contributed by atoms with Crippen molar-refractivity contribution in [3.8, 4) is 0 Å². The molecule has 0 aromatic carbocycles. The third-order valence-electron chi connectivity index (χ3n) is 1.00. The molecule has 1 rings (SSSR count). The molecule has 1 aliphatic rings. The maximum atomic E-state index is 11.8. The smallest absolute Gasteiger partial charge is 0 e. The Labute approximate surface area is 174 Å². The quantitative estimate of drug-likeness (QED) is 0.365. The van der Waals surface area contributed by atoms with E-state index in [1.807, 2.05) is 0 Å². The minimum atomic E-state index is -5.96. The first kappa shape index (κ1) is 33.2. The zero-order chi connectivity index (χ0) is 20.4. The van der Waals surface area contributed by atoms with E-state index < -0.39 is 35.9 Å². The van der Waals surface area contributed by atoms with Crippen LogP contribution in [0.3, 0.4) is 0 Å². The zero-order valence-corrected chi connectivity index (χ0v) is 21.4. The van der Waals surface area contributed by atoms with Crippen LogP contribution in [0.25, 0.3) is 0 Å². The molecule has 0 aromatic heterocycles. The van der Waals surface area contributed by atoms with Crippen LogP contribution >= 0.6 is 0 Å². The van der Waals surface area contributed by atoms with Crippen molar-refractivity contribution in [1.29, 1.82) is 0 Å². The monoisotopic (exact) mass is 507 g/mol. The van der Waals surface area contributed by atoms with Crippen molar-refractivity contribution in [3.05, 3.63) is 22.6 Å². The van der Waals surface area contributed by atoms with Crippen molar-refractivity contribution in [2.45, 2.75) is 85.5 Å². The summed E-state index contributed by atoms with van der Waals surface area (Å²) >= 11 is -5.96. The van der Waals surface area contributed by atoms with Crippen molar-refractivity contribution in [3.63, 3.8) is 0 Å². The van der Waals surface area contributed by atoms with Gasteiger partial charge >= 0.3 is 54.2 Å². The fraction of sp³-hybridized carbons (Fsp3) is 0.765. The second kappa shape index (κ2) is 13.7. The molecule has 0 bridgehead atoms. The molecule has 0 saturated carbocycles. The summed E-state index contributed by atoms with van der Waals surface area (Å²) in [6, 6.07) is 0. The molecule has 0 aromatic rings. The van der Waals surface area contributed by atoms with E-state index in [0.29, 0.717) is 6.42 Å². The molecule has 0 fully saturated rings. The summed E-state index contributed by atoms with van der Waals surface area (Å²) in [5.74, 6) is 0. The van der Waals surface area contributed by atoms with Crippen LogP contribution in [0.15, 0.2) is 16.6 Å². The van der Waals surface area contributed by atoms with Gasteiger partial charge in [0.15, 0.2) is 0 Å². The average molecular weight is 507 g/mol. The maximum absolute atomic E-state index is 11.8. The van der Waals surface area contributed by atoms with E-state index in [1.54, 1.807) is 62.3 Å². The molecule has 0 saturated heterocycles. The molecule has 0 spiro atoms. The van der Waals surface area contributed by atoms with Gasteiger partial charge in [-0.25, -0.2) is 0 Å². The zero-order valence-electron chi connectivity index (χ0n) is 16.8. The van der Waals surface area contributed by atoms with Crippen LogP contribution in [0.2, 0.25) is 0 Å².